The predicted molar refractivity (Wildman–Crippen MR) is 79.6 cm³/mol. The molecule has 2 unspecified atom stereocenters. The molecule has 1 heterocycles. The van der Waals surface area contributed by atoms with Gasteiger partial charge in [-0.15, -0.1) is 0 Å². The maximum absolute atomic E-state index is 6.22. The van der Waals surface area contributed by atoms with Gasteiger partial charge in [-0.1, -0.05) is 34.6 Å². The Bertz CT molecular complexity index is 243. The summed E-state index contributed by atoms with van der Waals surface area (Å²) in [6.07, 6.45) is 1.26. The Morgan fingerprint density at radius 2 is 1.82 bits per heavy atom. The fourth-order valence-corrected chi connectivity index (χ4v) is 4.10. The predicted octanol–water partition coefficient (Wildman–Crippen LogP) is 2.97. The highest BCUT2D eigenvalue weighted by molar-refractivity contribution is 8.00. The first-order valence-corrected chi connectivity index (χ1v) is 7.76. The van der Waals surface area contributed by atoms with Crippen LogP contribution in [0.5, 0.6) is 0 Å². The van der Waals surface area contributed by atoms with Crippen LogP contribution in [0.1, 0.15) is 48.0 Å². The van der Waals surface area contributed by atoms with Crippen molar-refractivity contribution in [3.8, 4) is 0 Å². The Morgan fingerprint density at radius 1 is 1.24 bits per heavy atom. The first kappa shape index (κ1) is 15.3. The number of hydrogen-bond donors (Lipinski definition) is 1. The molecule has 3 heteroatoms. The molecule has 1 aliphatic rings. The summed E-state index contributed by atoms with van der Waals surface area (Å²) in [6, 6.07) is 0.721. The fraction of sp³-hybridized carbons (Fsp3) is 1.00. The van der Waals surface area contributed by atoms with Gasteiger partial charge in [-0.2, -0.15) is 11.8 Å². The van der Waals surface area contributed by atoms with Gasteiger partial charge in [-0.05, 0) is 25.3 Å². The maximum atomic E-state index is 6.22. The van der Waals surface area contributed by atoms with Gasteiger partial charge in [0.15, 0.2) is 0 Å². The minimum Gasteiger partial charge on any atom is -0.327 e. The van der Waals surface area contributed by atoms with Crippen LogP contribution in [0, 0.1) is 5.41 Å². The molecule has 0 aromatic rings. The van der Waals surface area contributed by atoms with E-state index < -0.39 is 0 Å². The van der Waals surface area contributed by atoms with Gasteiger partial charge < -0.3 is 5.73 Å². The maximum Gasteiger partial charge on any atom is 0.0293 e. The van der Waals surface area contributed by atoms with E-state index in [-0.39, 0.29) is 11.5 Å². The Labute approximate surface area is 112 Å². The van der Waals surface area contributed by atoms with Crippen molar-refractivity contribution in [2.45, 2.75) is 64.8 Å². The van der Waals surface area contributed by atoms with E-state index in [2.05, 4.69) is 58.2 Å². The van der Waals surface area contributed by atoms with Crippen LogP contribution in [0.15, 0.2) is 0 Å². The van der Waals surface area contributed by atoms with E-state index in [1.807, 2.05) is 0 Å². The Hall–Kier alpha value is 0.270. The van der Waals surface area contributed by atoms with Crippen molar-refractivity contribution in [2.75, 3.05) is 18.8 Å². The summed E-state index contributed by atoms with van der Waals surface area (Å²) in [5, 5.41) is 0. The molecule has 0 aromatic heterocycles. The normalized spacial score (nSPS) is 26.3. The molecule has 0 bridgehead atoms. The molecule has 1 aliphatic heterocycles. The van der Waals surface area contributed by atoms with Crippen LogP contribution in [0.25, 0.3) is 0 Å². The fourth-order valence-electron chi connectivity index (χ4n) is 2.98. The highest BCUT2D eigenvalue weighted by atomic mass is 32.2. The van der Waals surface area contributed by atoms with E-state index in [1.54, 1.807) is 0 Å². The van der Waals surface area contributed by atoms with Crippen molar-refractivity contribution >= 4 is 11.8 Å². The van der Waals surface area contributed by atoms with Crippen molar-refractivity contribution in [3.63, 3.8) is 0 Å². The molecule has 102 valence electrons. The van der Waals surface area contributed by atoms with Crippen LogP contribution in [-0.4, -0.2) is 40.6 Å². The topological polar surface area (TPSA) is 29.3 Å². The van der Waals surface area contributed by atoms with Gasteiger partial charge in [0.05, 0.1) is 0 Å². The third kappa shape index (κ3) is 4.46. The summed E-state index contributed by atoms with van der Waals surface area (Å²) >= 11 is 2.10. The summed E-state index contributed by atoms with van der Waals surface area (Å²) in [4.78, 5) is 2.62. The highest BCUT2D eigenvalue weighted by Gasteiger charge is 2.35. The molecule has 0 radical (unpaired) electrons. The number of hydrogen-bond acceptors (Lipinski definition) is 3. The Balaban J connectivity index is 2.76. The van der Waals surface area contributed by atoms with Crippen LogP contribution < -0.4 is 5.73 Å². The summed E-state index contributed by atoms with van der Waals surface area (Å²) in [5.74, 6) is 1.23. The van der Waals surface area contributed by atoms with Gasteiger partial charge in [0.1, 0.15) is 0 Å². The standard InChI is InChI=1S/C14H30N2S/c1-11(15)12(13(2,3)4)16-8-7-14(5,6)17-10-9-16/h11-12H,7-10,15H2,1-6H3. The summed E-state index contributed by atoms with van der Waals surface area (Å²) in [6.45, 7) is 16.2. The number of thioether (sulfide) groups is 1. The third-order valence-corrected chi connectivity index (χ3v) is 5.02. The second kappa shape index (κ2) is 5.50. The van der Waals surface area contributed by atoms with Crippen LogP contribution in [0.4, 0.5) is 0 Å². The zero-order valence-corrected chi connectivity index (χ0v) is 13.2. The third-order valence-electron chi connectivity index (χ3n) is 3.65. The largest absolute Gasteiger partial charge is 0.327 e. The molecule has 0 amide bonds. The van der Waals surface area contributed by atoms with Crippen molar-refractivity contribution in [1.82, 2.24) is 4.90 Å². The first-order valence-electron chi connectivity index (χ1n) is 6.77. The van der Waals surface area contributed by atoms with Crippen molar-refractivity contribution in [1.29, 1.82) is 0 Å². The summed E-state index contributed by atoms with van der Waals surface area (Å²) in [5.41, 5.74) is 6.48. The summed E-state index contributed by atoms with van der Waals surface area (Å²) in [7, 11) is 0. The van der Waals surface area contributed by atoms with Gasteiger partial charge in [0.2, 0.25) is 0 Å². The van der Waals surface area contributed by atoms with Gasteiger partial charge >= 0.3 is 0 Å². The van der Waals surface area contributed by atoms with Crippen LogP contribution >= 0.6 is 11.8 Å². The molecule has 0 aromatic carbocycles. The Morgan fingerprint density at radius 3 is 2.29 bits per heavy atom. The summed E-state index contributed by atoms with van der Waals surface area (Å²) < 4.78 is 0.426. The van der Waals surface area contributed by atoms with Crippen molar-refractivity contribution in [3.05, 3.63) is 0 Å². The van der Waals surface area contributed by atoms with Crippen molar-refractivity contribution in [2.24, 2.45) is 11.1 Å². The van der Waals surface area contributed by atoms with E-state index in [9.17, 15) is 0 Å². The van der Waals surface area contributed by atoms with E-state index >= 15 is 0 Å². The second-order valence-electron chi connectivity index (χ2n) is 7.06. The molecule has 17 heavy (non-hydrogen) atoms. The molecule has 2 N–H and O–H groups in total. The molecule has 0 spiro atoms. The molecule has 1 saturated heterocycles. The number of nitrogens with zero attached hydrogens (tertiary/aromatic N) is 1. The van der Waals surface area contributed by atoms with Crippen LogP contribution in [0.3, 0.4) is 0 Å². The van der Waals surface area contributed by atoms with Crippen molar-refractivity contribution < 1.29 is 0 Å². The van der Waals surface area contributed by atoms with E-state index in [4.69, 9.17) is 5.73 Å². The molecule has 1 rings (SSSR count). The van der Waals surface area contributed by atoms with E-state index in [0.29, 0.717) is 10.8 Å². The van der Waals surface area contributed by atoms with Crippen LogP contribution in [-0.2, 0) is 0 Å². The SMILES string of the molecule is CC(N)C(N1CCSC(C)(C)CC1)C(C)(C)C. The smallest absolute Gasteiger partial charge is 0.0293 e. The zero-order valence-electron chi connectivity index (χ0n) is 12.4. The quantitative estimate of drug-likeness (QED) is 0.826. The zero-order chi connectivity index (χ0) is 13.3. The average molecular weight is 258 g/mol. The minimum absolute atomic E-state index is 0.237. The molecule has 1 fully saturated rings. The lowest BCUT2D eigenvalue weighted by Crippen LogP contribution is -2.54. The monoisotopic (exact) mass is 258 g/mol. The van der Waals surface area contributed by atoms with Gasteiger partial charge in [0.25, 0.3) is 0 Å². The molecule has 0 saturated carbocycles. The number of rotatable bonds is 2. The lowest BCUT2D eigenvalue weighted by Gasteiger charge is -2.42. The molecular weight excluding hydrogens is 228 g/mol. The second-order valence-corrected chi connectivity index (χ2v) is 8.87. The highest BCUT2D eigenvalue weighted by Crippen LogP contribution is 2.34. The molecular formula is C14H30N2S. The van der Waals surface area contributed by atoms with E-state index in [1.165, 1.54) is 25.3 Å². The van der Waals surface area contributed by atoms with Gasteiger partial charge in [-0.3, -0.25) is 4.90 Å². The average Bonchev–Trinajstić information content (AvgIpc) is 2.25. The lowest BCUT2D eigenvalue weighted by molar-refractivity contribution is 0.0866. The first-order chi connectivity index (χ1) is 7.63. The minimum atomic E-state index is 0.237. The Kier molecular flexibility index (Phi) is 4.96. The molecule has 0 aliphatic carbocycles. The lowest BCUT2D eigenvalue weighted by atomic mass is 9.81. The van der Waals surface area contributed by atoms with E-state index in [0.717, 1.165) is 0 Å². The molecule has 2 nitrogen and oxygen atoms in total. The van der Waals surface area contributed by atoms with Gasteiger partial charge in [-0.25, -0.2) is 0 Å². The van der Waals surface area contributed by atoms with Crippen LogP contribution in [0.2, 0.25) is 0 Å². The number of nitrogens with two attached hydrogens (primary N) is 1. The molecule has 2 atom stereocenters. The van der Waals surface area contributed by atoms with Gasteiger partial charge in [0, 0.05) is 29.1 Å².